The Balaban J connectivity index is 1.68. The number of carbonyl (C=O) groups is 2. The van der Waals surface area contributed by atoms with Gasteiger partial charge in [-0.05, 0) is 37.5 Å². The molecule has 4 rings (SSSR count). The fraction of sp³-hybridized carbons (Fsp3) is 0.400. The normalized spacial score (nSPS) is 24.4. The van der Waals surface area contributed by atoms with Crippen LogP contribution in [0, 0.1) is 13.8 Å². The lowest BCUT2D eigenvalue weighted by Gasteiger charge is -2.20. The van der Waals surface area contributed by atoms with Gasteiger partial charge >= 0.3 is 6.03 Å². The number of amides is 3. The van der Waals surface area contributed by atoms with Crippen LogP contribution in [0.15, 0.2) is 12.1 Å². The van der Waals surface area contributed by atoms with Crippen molar-refractivity contribution in [1.82, 2.24) is 15.6 Å². The van der Waals surface area contributed by atoms with Gasteiger partial charge in [0.2, 0.25) is 0 Å². The highest BCUT2D eigenvalue weighted by atomic mass is 32.1. The number of thiazole rings is 1. The fourth-order valence-corrected chi connectivity index (χ4v) is 4.19. The monoisotopic (exact) mass is 316 g/mol. The number of nitrogens with one attached hydrogen (secondary N) is 2. The number of aryl methyl sites for hydroxylation is 2. The highest BCUT2D eigenvalue weighted by Crippen LogP contribution is 2.35. The predicted molar refractivity (Wildman–Crippen MR) is 85.3 cm³/mol. The number of benzene rings is 1. The molecular formula is C15H16N4O2S. The topological polar surface area (TPSA) is 74.3 Å². The van der Waals surface area contributed by atoms with E-state index in [1.807, 2.05) is 0 Å². The first-order chi connectivity index (χ1) is 10.5. The zero-order chi connectivity index (χ0) is 15.5. The van der Waals surface area contributed by atoms with E-state index < -0.39 is 11.6 Å². The maximum Gasteiger partial charge on any atom is 0.322 e. The molecule has 1 aromatic heterocycles. The number of fused-ring (bicyclic) bond motifs is 1. The van der Waals surface area contributed by atoms with Gasteiger partial charge in [-0.1, -0.05) is 17.4 Å². The zero-order valence-electron chi connectivity index (χ0n) is 12.4. The summed E-state index contributed by atoms with van der Waals surface area (Å²) in [4.78, 5) is 30.3. The van der Waals surface area contributed by atoms with E-state index in [0.29, 0.717) is 19.5 Å². The number of nitrogens with zero attached hydrogens (tertiary/aromatic N) is 2. The molecule has 2 N–H and O–H groups in total. The molecule has 0 saturated carbocycles. The molecule has 1 unspecified atom stereocenters. The summed E-state index contributed by atoms with van der Waals surface area (Å²) in [6.45, 7) is 5.35. The maximum atomic E-state index is 12.0. The van der Waals surface area contributed by atoms with Crippen molar-refractivity contribution in [3.8, 4) is 0 Å². The van der Waals surface area contributed by atoms with Crippen molar-refractivity contribution in [1.29, 1.82) is 0 Å². The van der Waals surface area contributed by atoms with E-state index in [1.165, 1.54) is 11.1 Å². The van der Waals surface area contributed by atoms with Gasteiger partial charge in [0, 0.05) is 6.54 Å². The van der Waals surface area contributed by atoms with E-state index >= 15 is 0 Å². The predicted octanol–water partition coefficient (Wildman–Crippen LogP) is 1.70. The standard InChI is InChI=1S/C15H16N4O2S/c1-8-3-4-10-11(9(8)2)16-14(22-10)19-6-5-15(7-19)12(20)17-13(21)18-15/h3-4H,5-7H2,1-2H3,(H2,17,18,20,21). The van der Waals surface area contributed by atoms with Crippen LogP contribution < -0.4 is 15.5 Å². The number of carbonyl (C=O) groups excluding carboxylic acids is 2. The lowest BCUT2D eigenvalue weighted by molar-refractivity contribution is -0.123. The van der Waals surface area contributed by atoms with E-state index in [2.05, 4.69) is 41.5 Å². The van der Waals surface area contributed by atoms with E-state index in [1.54, 1.807) is 11.3 Å². The molecule has 2 saturated heterocycles. The van der Waals surface area contributed by atoms with Crippen LogP contribution in [0.5, 0.6) is 0 Å². The Labute approximate surface area is 131 Å². The molecule has 7 heteroatoms. The van der Waals surface area contributed by atoms with E-state index in [9.17, 15) is 9.59 Å². The van der Waals surface area contributed by atoms with Crippen LogP contribution in [0.3, 0.4) is 0 Å². The van der Waals surface area contributed by atoms with Crippen molar-refractivity contribution in [3.63, 3.8) is 0 Å². The molecule has 22 heavy (non-hydrogen) atoms. The van der Waals surface area contributed by atoms with Crippen molar-refractivity contribution in [3.05, 3.63) is 23.3 Å². The molecular weight excluding hydrogens is 300 g/mol. The largest absolute Gasteiger partial charge is 0.345 e. The summed E-state index contributed by atoms with van der Waals surface area (Å²) in [5, 5.41) is 6.01. The number of anilines is 1. The number of rotatable bonds is 1. The van der Waals surface area contributed by atoms with Gasteiger partial charge in [0.05, 0.1) is 16.8 Å². The minimum absolute atomic E-state index is 0.229. The first kappa shape index (κ1) is 13.5. The maximum absolute atomic E-state index is 12.0. The summed E-state index contributed by atoms with van der Waals surface area (Å²) in [5.74, 6) is -0.229. The highest BCUT2D eigenvalue weighted by molar-refractivity contribution is 7.22. The quantitative estimate of drug-likeness (QED) is 0.785. The molecule has 1 atom stereocenters. The van der Waals surface area contributed by atoms with Crippen molar-refractivity contribution in [2.24, 2.45) is 0 Å². The SMILES string of the molecule is Cc1ccc2sc(N3CCC4(C3)NC(=O)NC4=O)nc2c1C. The number of hydrogen-bond donors (Lipinski definition) is 2. The Kier molecular flexibility index (Phi) is 2.72. The van der Waals surface area contributed by atoms with Crippen LogP contribution in [0.1, 0.15) is 17.5 Å². The summed E-state index contributed by atoms with van der Waals surface area (Å²) in [7, 11) is 0. The highest BCUT2D eigenvalue weighted by Gasteiger charge is 2.51. The second-order valence-electron chi connectivity index (χ2n) is 6.01. The van der Waals surface area contributed by atoms with Gasteiger partial charge < -0.3 is 10.2 Å². The smallest absolute Gasteiger partial charge is 0.322 e. The molecule has 2 aliphatic rings. The molecule has 0 bridgehead atoms. The minimum Gasteiger partial charge on any atom is -0.345 e. The third kappa shape index (κ3) is 1.81. The van der Waals surface area contributed by atoms with Crippen LogP contribution in [0.2, 0.25) is 0 Å². The van der Waals surface area contributed by atoms with E-state index in [-0.39, 0.29) is 5.91 Å². The van der Waals surface area contributed by atoms with Gasteiger partial charge in [0.15, 0.2) is 5.13 Å². The van der Waals surface area contributed by atoms with E-state index in [0.717, 1.165) is 15.3 Å². The zero-order valence-corrected chi connectivity index (χ0v) is 13.2. The average molecular weight is 316 g/mol. The van der Waals surface area contributed by atoms with Gasteiger partial charge in [0.1, 0.15) is 5.54 Å². The number of aromatic nitrogens is 1. The molecule has 3 heterocycles. The van der Waals surface area contributed by atoms with Crippen molar-refractivity contribution >= 4 is 38.6 Å². The third-order valence-corrected chi connectivity index (χ3v) is 5.71. The molecule has 0 aliphatic carbocycles. The number of hydrogen-bond acceptors (Lipinski definition) is 5. The second kappa shape index (κ2) is 4.42. The summed E-state index contributed by atoms with van der Waals surface area (Å²) in [6, 6.07) is 3.80. The second-order valence-corrected chi connectivity index (χ2v) is 7.02. The minimum atomic E-state index is -0.792. The first-order valence-corrected chi connectivity index (χ1v) is 8.05. The number of urea groups is 1. The lowest BCUT2D eigenvalue weighted by Crippen LogP contribution is -2.49. The third-order valence-electron chi connectivity index (χ3n) is 4.63. The molecule has 3 amide bonds. The Morgan fingerprint density at radius 3 is 2.86 bits per heavy atom. The Bertz CT molecular complexity index is 815. The summed E-state index contributed by atoms with van der Waals surface area (Å²) >= 11 is 1.63. The fourth-order valence-electron chi connectivity index (χ4n) is 3.14. The number of imide groups is 1. The Morgan fingerprint density at radius 1 is 1.32 bits per heavy atom. The molecule has 0 radical (unpaired) electrons. The van der Waals surface area contributed by atoms with Crippen molar-refractivity contribution in [2.75, 3.05) is 18.0 Å². The molecule has 2 fully saturated rings. The van der Waals surface area contributed by atoms with Crippen LogP contribution in [0.25, 0.3) is 10.2 Å². The van der Waals surface area contributed by atoms with Crippen LogP contribution >= 0.6 is 11.3 Å². The first-order valence-electron chi connectivity index (χ1n) is 7.24. The summed E-state index contributed by atoms with van der Waals surface area (Å²) in [5.41, 5.74) is 2.66. The van der Waals surface area contributed by atoms with Crippen molar-refractivity contribution < 1.29 is 9.59 Å². The van der Waals surface area contributed by atoms with Crippen LogP contribution in [-0.2, 0) is 4.79 Å². The molecule has 114 valence electrons. The molecule has 1 spiro atoms. The van der Waals surface area contributed by atoms with Crippen molar-refractivity contribution in [2.45, 2.75) is 25.8 Å². The van der Waals surface area contributed by atoms with Crippen LogP contribution in [-0.4, -0.2) is 35.6 Å². The van der Waals surface area contributed by atoms with Crippen LogP contribution in [0.4, 0.5) is 9.93 Å². The van der Waals surface area contributed by atoms with Gasteiger partial charge in [-0.2, -0.15) is 0 Å². The van der Waals surface area contributed by atoms with E-state index in [4.69, 9.17) is 4.98 Å². The van der Waals surface area contributed by atoms with Gasteiger partial charge in [0.25, 0.3) is 5.91 Å². The summed E-state index contributed by atoms with van der Waals surface area (Å²) in [6.07, 6.45) is 0.610. The molecule has 1 aromatic carbocycles. The molecule has 2 aliphatic heterocycles. The summed E-state index contributed by atoms with van der Waals surface area (Å²) < 4.78 is 1.15. The average Bonchev–Trinajstić information content (AvgIpc) is 3.14. The van der Waals surface area contributed by atoms with Gasteiger partial charge in [-0.25, -0.2) is 9.78 Å². The Morgan fingerprint density at radius 2 is 2.14 bits per heavy atom. The van der Waals surface area contributed by atoms with Gasteiger partial charge in [-0.3, -0.25) is 10.1 Å². The Hall–Kier alpha value is -2.15. The lowest BCUT2D eigenvalue weighted by atomic mass is 10.00. The molecule has 2 aromatic rings. The van der Waals surface area contributed by atoms with Gasteiger partial charge in [-0.15, -0.1) is 0 Å². The molecule has 6 nitrogen and oxygen atoms in total.